The van der Waals surface area contributed by atoms with Crippen LogP contribution < -0.4 is 35.6 Å². The van der Waals surface area contributed by atoms with Gasteiger partial charge in [0.05, 0.1) is 17.8 Å². The number of nitrogens with one attached hydrogen (secondary N) is 6. The second kappa shape index (κ2) is 18.6. The largest absolute Gasteiger partial charge is 0.355 e. The van der Waals surface area contributed by atoms with E-state index in [9.17, 15) is 27.6 Å². The number of nitrogens with zero attached hydrogens (tertiary/aromatic N) is 1. The fourth-order valence-electron chi connectivity index (χ4n) is 5.86. The molecule has 1 fully saturated rings. The lowest BCUT2D eigenvalue weighted by molar-refractivity contribution is -0.130. The molecule has 0 unspecified atom stereocenters. The van der Waals surface area contributed by atoms with Crippen molar-refractivity contribution in [3.8, 4) is 0 Å². The second-order valence-corrected chi connectivity index (χ2v) is 15.0. The summed E-state index contributed by atoms with van der Waals surface area (Å²) in [6.07, 6.45) is 0.952. The molecule has 0 radical (unpaired) electrons. The molecule has 13 nitrogen and oxygen atoms in total. The van der Waals surface area contributed by atoms with Crippen molar-refractivity contribution in [1.82, 2.24) is 31.3 Å². The van der Waals surface area contributed by atoms with Gasteiger partial charge in [-0.3, -0.25) is 23.5 Å². The minimum Gasteiger partial charge on any atom is -0.355 e. The summed E-state index contributed by atoms with van der Waals surface area (Å²) >= 11 is 0. The Balaban J connectivity index is 1.58. The average molecular weight is 734 g/mol. The van der Waals surface area contributed by atoms with Gasteiger partial charge in [-0.2, -0.15) is 13.1 Å². The van der Waals surface area contributed by atoms with E-state index in [0.717, 1.165) is 11.1 Å². The molecule has 1 saturated heterocycles. The van der Waals surface area contributed by atoms with Gasteiger partial charge in [-0.15, -0.1) is 0 Å². The van der Waals surface area contributed by atoms with Crippen LogP contribution in [0.15, 0.2) is 78.9 Å². The number of rotatable bonds is 16. The first kappa shape index (κ1) is 40.0. The van der Waals surface area contributed by atoms with Gasteiger partial charge in [0.2, 0.25) is 11.8 Å². The highest BCUT2D eigenvalue weighted by molar-refractivity contribution is 7.90. The Morgan fingerprint density at radius 2 is 1.42 bits per heavy atom. The molecule has 280 valence electrons. The summed E-state index contributed by atoms with van der Waals surface area (Å²) in [5.74, 6) is -1.74. The average Bonchev–Trinajstić information content (AvgIpc) is 3.12. The van der Waals surface area contributed by atoms with Crippen LogP contribution in [0.4, 0.5) is 5.69 Å². The van der Waals surface area contributed by atoms with E-state index in [2.05, 4.69) is 31.3 Å². The standard InChI is InChI=1S/C38H51N7O6S/c1-6-39-38(49)34(25(2)3)44-35(46)27(5)40-24-32(20-28-14-9-7-10-15-28)43-37(48)31-21-30(36(47)42-26(4)29-16-11-8-12-17-29)22-33(23-31)45-19-13-18-41-52(45,50)51/h7-12,14-17,21-23,25-27,32,34,40-41H,6,13,18-20,24H2,1-5H3,(H,39,49)(H,42,47)(H,43,48)(H,44,46)/t26-,27+,32+,34+/m1/s1. The summed E-state index contributed by atoms with van der Waals surface area (Å²) in [7, 11) is -3.89. The summed E-state index contributed by atoms with van der Waals surface area (Å²) in [4.78, 5) is 53.3. The van der Waals surface area contributed by atoms with Gasteiger partial charge in [0.15, 0.2) is 0 Å². The lowest BCUT2D eigenvalue weighted by Crippen LogP contribution is -2.55. The van der Waals surface area contributed by atoms with E-state index in [1.54, 1.807) is 6.92 Å². The lowest BCUT2D eigenvalue weighted by atomic mass is 10.0. The van der Waals surface area contributed by atoms with Crippen molar-refractivity contribution in [2.24, 2.45) is 5.92 Å². The Morgan fingerprint density at radius 1 is 0.808 bits per heavy atom. The predicted molar refractivity (Wildman–Crippen MR) is 202 cm³/mol. The number of carbonyl (C=O) groups is 4. The zero-order valence-corrected chi connectivity index (χ0v) is 31.3. The number of hydrogen-bond donors (Lipinski definition) is 6. The van der Waals surface area contributed by atoms with Crippen molar-refractivity contribution in [1.29, 1.82) is 0 Å². The van der Waals surface area contributed by atoms with Gasteiger partial charge in [-0.1, -0.05) is 74.5 Å². The van der Waals surface area contributed by atoms with Gasteiger partial charge in [-0.05, 0) is 68.9 Å². The third-order valence-corrected chi connectivity index (χ3v) is 10.4. The van der Waals surface area contributed by atoms with Gasteiger partial charge in [-0.25, -0.2) is 0 Å². The molecule has 0 saturated carbocycles. The van der Waals surface area contributed by atoms with Crippen LogP contribution in [0.1, 0.15) is 78.9 Å². The topological polar surface area (TPSA) is 178 Å². The molecule has 4 atom stereocenters. The van der Waals surface area contributed by atoms with Gasteiger partial charge in [0.25, 0.3) is 11.8 Å². The first-order valence-corrected chi connectivity index (χ1v) is 19.2. The van der Waals surface area contributed by atoms with E-state index in [-0.39, 0.29) is 60.2 Å². The van der Waals surface area contributed by atoms with Crippen molar-refractivity contribution in [3.63, 3.8) is 0 Å². The highest BCUT2D eigenvalue weighted by Gasteiger charge is 2.29. The van der Waals surface area contributed by atoms with Crippen LogP contribution in [-0.2, 0) is 26.2 Å². The summed E-state index contributed by atoms with van der Waals surface area (Å²) < 4.78 is 29.7. The highest BCUT2D eigenvalue weighted by Crippen LogP contribution is 2.25. The van der Waals surface area contributed by atoms with Crippen molar-refractivity contribution in [2.45, 2.75) is 71.6 Å². The second-order valence-electron chi connectivity index (χ2n) is 13.3. The van der Waals surface area contributed by atoms with Crippen LogP contribution in [0.3, 0.4) is 0 Å². The molecular weight excluding hydrogens is 683 g/mol. The maximum Gasteiger partial charge on any atom is 0.301 e. The molecule has 0 aliphatic carbocycles. The zero-order valence-electron chi connectivity index (χ0n) is 30.4. The van der Waals surface area contributed by atoms with Gasteiger partial charge >= 0.3 is 10.2 Å². The van der Waals surface area contributed by atoms with Crippen LogP contribution in [-0.4, -0.2) is 76.4 Å². The Kier molecular flexibility index (Phi) is 14.3. The van der Waals surface area contributed by atoms with E-state index in [4.69, 9.17) is 0 Å². The molecule has 6 N–H and O–H groups in total. The fourth-order valence-corrected chi connectivity index (χ4v) is 7.17. The minimum atomic E-state index is -3.89. The molecule has 0 bridgehead atoms. The van der Waals surface area contributed by atoms with E-state index in [1.807, 2.05) is 88.4 Å². The monoisotopic (exact) mass is 733 g/mol. The third kappa shape index (κ3) is 11.1. The number of carbonyl (C=O) groups excluding carboxylic acids is 4. The maximum atomic E-state index is 14.0. The van der Waals surface area contributed by atoms with Gasteiger partial charge < -0.3 is 26.6 Å². The molecule has 0 spiro atoms. The molecule has 14 heteroatoms. The Hall–Kier alpha value is -4.79. The smallest absolute Gasteiger partial charge is 0.301 e. The van der Waals surface area contributed by atoms with Crippen LogP contribution in [0.5, 0.6) is 0 Å². The first-order chi connectivity index (χ1) is 24.8. The van der Waals surface area contributed by atoms with Crippen LogP contribution in [0, 0.1) is 5.92 Å². The van der Waals surface area contributed by atoms with Crippen molar-refractivity contribution in [2.75, 3.05) is 30.5 Å². The van der Waals surface area contributed by atoms with Crippen molar-refractivity contribution >= 4 is 39.5 Å². The molecule has 0 aromatic heterocycles. The van der Waals surface area contributed by atoms with Crippen LogP contribution >= 0.6 is 0 Å². The predicted octanol–water partition coefficient (Wildman–Crippen LogP) is 2.82. The fraction of sp³-hybridized carbons (Fsp3) is 0.421. The lowest BCUT2D eigenvalue weighted by Gasteiger charge is -2.29. The summed E-state index contributed by atoms with van der Waals surface area (Å²) in [5, 5.41) is 14.8. The molecule has 1 heterocycles. The number of amides is 4. The molecular formula is C38H51N7O6S. The minimum absolute atomic E-state index is 0.0985. The van der Waals surface area contributed by atoms with E-state index in [0.29, 0.717) is 19.4 Å². The Morgan fingerprint density at radius 3 is 2.02 bits per heavy atom. The first-order valence-electron chi connectivity index (χ1n) is 17.7. The van der Waals surface area contributed by atoms with Crippen molar-refractivity contribution < 1.29 is 27.6 Å². The summed E-state index contributed by atoms with van der Waals surface area (Å²) in [5.41, 5.74) is 2.24. The summed E-state index contributed by atoms with van der Waals surface area (Å²) in [6.45, 7) is 10.2. The third-order valence-electron chi connectivity index (χ3n) is 8.81. The Bertz CT molecular complexity index is 1790. The molecule has 52 heavy (non-hydrogen) atoms. The van der Waals surface area contributed by atoms with E-state index >= 15 is 0 Å². The number of benzene rings is 3. The van der Waals surface area contributed by atoms with Gasteiger partial charge in [0, 0.05) is 43.3 Å². The number of hydrogen-bond acceptors (Lipinski definition) is 7. The highest BCUT2D eigenvalue weighted by atomic mass is 32.2. The molecule has 1 aliphatic heterocycles. The maximum absolute atomic E-state index is 14.0. The number of likely N-dealkylation sites (N-methyl/N-ethyl adjacent to an activating group) is 1. The molecule has 1 aliphatic rings. The SMILES string of the molecule is CCNC(=O)[C@@H](NC(=O)[C@H](C)NC[C@H](Cc1ccccc1)NC(=O)c1cc(C(=O)N[C@H](C)c2ccccc2)cc(N2CCCNS2(=O)=O)c1)C(C)C. The van der Waals surface area contributed by atoms with E-state index < -0.39 is 40.1 Å². The molecule has 3 aromatic carbocycles. The van der Waals surface area contributed by atoms with E-state index in [1.165, 1.54) is 22.5 Å². The molecule has 3 aromatic rings. The van der Waals surface area contributed by atoms with Crippen molar-refractivity contribution in [3.05, 3.63) is 101 Å². The molecule has 4 rings (SSSR count). The normalized spacial score (nSPS) is 16.2. The quantitative estimate of drug-likeness (QED) is 0.131. The summed E-state index contributed by atoms with van der Waals surface area (Å²) in [6, 6.07) is 21.1. The van der Waals surface area contributed by atoms with Gasteiger partial charge in [0.1, 0.15) is 6.04 Å². The van der Waals surface area contributed by atoms with Crippen LogP contribution in [0.25, 0.3) is 0 Å². The van der Waals surface area contributed by atoms with Crippen LogP contribution in [0.2, 0.25) is 0 Å². The molecule has 4 amide bonds. The number of anilines is 1. The zero-order chi connectivity index (χ0) is 37.8. The Labute approximate surface area is 306 Å².